The van der Waals surface area contributed by atoms with Gasteiger partial charge >= 0.3 is 0 Å². The summed E-state index contributed by atoms with van der Waals surface area (Å²) in [5, 5.41) is 11.0. The molecule has 2 aromatic carbocycles. The van der Waals surface area contributed by atoms with E-state index in [0.717, 1.165) is 24.5 Å². The van der Waals surface area contributed by atoms with Crippen LogP contribution in [-0.4, -0.2) is 19.6 Å². The molecule has 5 nitrogen and oxygen atoms in total. The Hall–Kier alpha value is -2.28. The highest BCUT2D eigenvalue weighted by molar-refractivity contribution is 7.90. The average molecular weight is 295 g/mol. The number of nitro benzene ring substituents is 1. The van der Waals surface area contributed by atoms with Crippen LogP contribution in [-0.2, 0) is 9.84 Å². The number of rotatable bonds is 3. The van der Waals surface area contributed by atoms with Gasteiger partial charge in [0.15, 0.2) is 9.84 Å². The highest BCUT2D eigenvalue weighted by atomic mass is 32.2. The summed E-state index contributed by atoms with van der Waals surface area (Å²) in [6.07, 6.45) is 1.03. The number of hydrogen-bond acceptors (Lipinski definition) is 4. The van der Waals surface area contributed by atoms with Crippen LogP contribution in [0.25, 0.3) is 11.1 Å². The molecule has 0 saturated carbocycles. The molecule has 0 aliphatic carbocycles. The minimum atomic E-state index is -3.44. The van der Waals surface area contributed by atoms with Crippen LogP contribution in [0, 0.1) is 15.9 Å². The lowest BCUT2D eigenvalue weighted by molar-refractivity contribution is -0.384. The fourth-order valence-corrected chi connectivity index (χ4v) is 2.46. The molecule has 0 heterocycles. The first kappa shape index (κ1) is 14.1. The van der Waals surface area contributed by atoms with Gasteiger partial charge < -0.3 is 0 Å². The topological polar surface area (TPSA) is 77.3 Å². The molecule has 0 aromatic heterocycles. The summed E-state index contributed by atoms with van der Waals surface area (Å²) in [5.41, 5.74) is 0.0386. The Bertz CT molecular complexity index is 787. The van der Waals surface area contributed by atoms with Crippen molar-refractivity contribution in [3.8, 4) is 11.1 Å². The molecular formula is C13H10FNO4S. The number of benzene rings is 2. The van der Waals surface area contributed by atoms with Crippen molar-refractivity contribution in [1.82, 2.24) is 0 Å². The molecule has 0 bridgehead atoms. The highest BCUT2D eigenvalue weighted by Crippen LogP contribution is 2.31. The van der Waals surface area contributed by atoms with Crippen LogP contribution in [0.2, 0.25) is 0 Å². The second kappa shape index (κ2) is 5.01. The first-order valence-electron chi connectivity index (χ1n) is 5.53. The molecule has 0 aliphatic rings. The number of hydrogen-bond donors (Lipinski definition) is 0. The first-order valence-corrected chi connectivity index (χ1v) is 7.42. The Kier molecular flexibility index (Phi) is 3.54. The molecule has 0 fully saturated rings. The van der Waals surface area contributed by atoms with E-state index in [4.69, 9.17) is 0 Å². The van der Waals surface area contributed by atoms with Crippen LogP contribution in [0.4, 0.5) is 10.1 Å². The Morgan fingerprint density at radius 2 is 1.85 bits per heavy atom. The third-order valence-corrected chi connectivity index (χ3v) is 3.84. The molecule has 0 amide bonds. The van der Waals surface area contributed by atoms with Gasteiger partial charge in [0.05, 0.1) is 15.4 Å². The average Bonchev–Trinajstić information content (AvgIpc) is 2.37. The molecule has 0 aliphatic heterocycles. The van der Waals surface area contributed by atoms with Crippen molar-refractivity contribution in [3.05, 3.63) is 58.4 Å². The van der Waals surface area contributed by atoms with E-state index in [-0.39, 0.29) is 21.7 Å². The minimum Gasteiger partial charge on any atom is -0.258 e. The lowest BCUT2D eigenvalue weighted by atomic mass is 10.0. The molecule has 7 heteroatoms. The van der Waals surface area contributed by atoms with Crippen molar-refractivity contribution < 1.29 is 17.7 Å². The number of halogens is 1. The van der Waals surface area contributed by atoms with E-state index in [9.17, 15) is 22.9 Å². The van der Waals surface area contributed by atoms with Gasteiger partial charge in [-0.1, -0.05) is 12.1 Å². The van der Waals surface area contributed by atoms with Gasteiger partial charge in [-0.3, -0.25) is 10.1 Å². The normalized spacial score (nSPS) is 11.3. The van der Waals surface area contributed by atoms with Gasteiger partial charge in [-0.2, -0.15) is 0 Å². The molecule has 20 heavy (non-hydrogen) atoms. The second-order valence-corrected chi connectivity index (χ2v) is 6.23. The quantitative estimate of drug-likeness (QED) is 0.644. The lowest BCUT2D eigenvalue weighted by Gasteiger charge is -2.05. The Labute approximate surface area is 114 Å². The maximum Gasteiger partial charge on any atom is 0.277 e. The zero-order valence-corrected chi connectivity index (χ0v) is 11.2. The zero-order valence-electron chi connectivity index (χ0n) is 10.4. The van der Waals surface area contributed by atoms with Crippen LogP contribution >= 0.6 is 0 Å². The Morgan fingerprint density at radius 1 is 1.15 bits per heavy atom. The molecule has 2 aromatic rings. The highest BCUT2D eigenvalue weighted by Gasteiger charge is 2.17. The van der Waals surface area contributed by atoms with E-state index in [0.29, 0.717) is 0 Å². The van der Waals surface area contributed by atoms with Crippen molar-refractivity contribution >= 4 is 15.5 Å². The number of nitro groups is 1. The standard InChI is InChI=1S/C13H10FNO4S/c1-20(18,19)11-4-2-3-9(7-11)12-8-10(14)5-6-13(12)15(16)17/h2-8H,1H3. The van der Waals surface area contributed by atoms with Crippen molar-refractivity contribution in [2.24, 2.45) is 0 Å². The third-order valence-electron chi connectivity index (χ3n) is 2.73. The first-order chi connectivity index (χ1) is 9.29. The summed E-state index contributed by atoms with van der Waals surface area (Å²) in [5.74, 6) is -0.629. The molecule has 2 rings (SSSR count). The van der Waals surface area contributed by atoms with E-state index >= 15 is 0 Å². The smallest absolute Gasteiger partial charge is 0.258 e. The summed E-state index contributed by atoms with van der Waals surface area (Å²) in [6.45, 7) is 0. The van der Waals surface area contributed by atoms with Crippen LogP contribution in [0.3, 0.4) is 0 Å². The maximum absolute atomic E-state index is 13.3. The maximum atomic E-state index is 13.3. The largest absolute Gasteiger partial charge is 0.277 e. The van der Waals surface area contributed by atoms with Crippen LogP contribution in [0.15, 0.2) is 47.4 Å². The van der Waals surface area contributed by atoms with Crippen molar-refractivity contribution in [2.45, 2.75) is 4.90 Å². The van der Waals surface area contributed by atoms with Gasteiger partial charge in [-0.25, -0.2) is 12.8 Å². The molecule has 104 valence electrons. The third kappa shape index (κ3) is 2.83. The summed E-state index contributed by atoms with van der Waals surface area (Å²) in [7, 11) is -3.44. The van der Waals surface area contributed by atoms with Crippen LogP contribution in [0.1, 0.15) is 0 Å². The van der Waals surface area contributed by atoms with Gasteiger partial charge in [0.2, 0.25) is 0 Å². The fraction of sp³-hybridized carbons (Fsp3) is 0.0769. The van der Waals surface area contributed by atoms with E-state index in [2.05, 4.69) is 0 Å². The monoisotopic (exact) mass is 295 g/mol. The molecular weight excluding hydrogens is 285 g/mol. The minimum absolute atomic E-state index is 0.0218. The van der Waals surface area contributed by atoms with Gasteiger partial charge in [0.1, 0.15) is 5.82 Å². The predicted molar refractivity (Wildman–Crippen MR) is 71.6 cm³/mol. The molecule has 0 radical (unpaired) electrons. The number of nitrogens with zero attached hydrogens (tertiary/aromatic N) is 1. The summed E-state index contributed by atoms with van der Waals surface area (Å²) < 4.78 is 36.3. The molecule has 0 spiro atoms. The Balaban J connectivity index is 2.68. The van der Waals surface area contributed by atoms with Gasteiger partial charge in [-0.05, 0) is 29.8 Å². The van der Waals surface area contributed by atoms with Crippen LogP contribution in [0.5, 0.6) is 0 Å². The fourth-order valence-electron chi connectivity index (χ4n) is 1.79. The van der Waals surface area contributed by atoms with Gasteiger partial charge in [0.25, 0.3) is 5.69 Å². The van der Waals surface area contributed by atoms with E-state index < -0.39 is 20.6 Å². The van der Waals surface area contributed by atoms with E-state index in [1.165, 1.54) is 24.3 Å². The molecule has 0 atom stereocenters. The molecule has 0 unspecified atom stereocenters. The van der Waals surface area contributed by atoms with Crippen molar-refractivity contribution in [2.75, 3.05) is 6.26 Å². The van der Waals surface area contributed by atoms with E-state index in [1.807, 2.05) is 0 Å². The van der Waals surface area contributed by atoms with Crippen molar-refractivity contribution in [1.29, 1.82) is 0 Å². The predicted octanol–water partition coefficient (Wildman–Crippen LogP) is 2.80. The van der Waals surface area contributed by atoms with Crippen LogP contribution < -0.4 is 0 Å². The van der Waals surface area contributed by atoms with Gasteiger partial charge in [0, 0.05) is 12.3 Å². The van der Waals surface area contributed by atoms with Crippen molar-refractivity contribution in [3.63, 3.8) is 0 Å². The zero-order chi connectivity index (χ0) is 14.9. The van der Waals surface area contributed by atoms with Gasteiger partial charge in [-0.15, -0.1) is 0 Å². The summed E-state index contributed by atoms with van der Waals surface area (Å²) >= 11 is 0. The Morgan fingerprint density at radius 3 is 2.45 bits per heavy atom. The summed E-state index contributed by atoms with van der Waals surface area (Å²) in [6, 6.07) is 8.68. The second-order valence-electron chi connectivity index (χ2n) is 4.22. The van der Waals surface area contributed by atoms with E-state index in [1.54, 1.807) is 0 Å². The molecule has 0 saturated heterocycles. The number of sulfone groups is 1. The SMILES string of the molecule is CS(=O)(=O)c1cccc(-c2cc(F)ccc2[N+](=O)[O-])c1. The lowest BCUT2D eigenvalue weighted by Crippen LogP contribution is -1.98. The summed E-state index contributed by atoms with van der Waals surface area (Å²) in [4.78, 5) is 10.3. The molecule has 0 N–H and O–H groups in total.